The van der Waals surface area contributed by atoms with E-state index in [9.17, 15) is 9.59 Å². The highest BCUT2D eigenvalue weighted by Gasteiger charge is 2.13. The molecule has 2 rings (SSSR count). The van der Waals surface area contributed by atoms with E-state index in [1.807, 2.05) is 36.4 Å². The summed E-state index contributed by atoms with van der Waals surface area (Å²) in [6.07, 6.45) is 0.624. The predicted molar refractivity (Wildman–Crippen MR) is 98.9 cm³/mol. The first-order valence-corrected chi connectivity index (χ1v) is 8.31. The number of ether oxygens (including phenoxy) is 1. The van der Waals surface area contributed by atoms with Gasteiger partial charge in [-0.1, -0.05) is 38.1 Å². The zero-order chi connectivity index (χ0) is 18.2. The normalized spacial score (nSPS) is 10.4. The van der Waals surface area contributed by atoms with Crippen LogP contribution in [0.3, 0.4) is 0 Å². The van der Waals surface area contributed by atoms with Gasteiger partial charge in [-0.3, -0.25) is 9.59 Å². The fourth-order valence-corrected chi connectivity index (χ4v) is 2.37. The predicted octanol–water partition coefficient (Wildman–Crippen LogP) is 3.12. The molecule has 5 heteroatoms. The average molecular weight is 340 g/mol. The molecule has 0 bridgehead atoms. The number of carbonyl (C=O) groups is 2. The summed E-state index contributed by atoms with van der Waals surface area (Å²) in [6.45, 7) is 4.58. The lowest BCUT2D eigenvalue weighted by molar-refractivity contribution is -0.136. The molecule has 2 amide bonds. The van der Waals surface area contributed by atoms with E-state index >= 15 is 0 Å². The van der Waals surface area contributed by atoms with Gasteiger partial charge in [-0.2, -0.15) is 0 Å². The standard InChI is InChI=1S/C20H24N2O3/c1-14(2)16-7-9-17(10-8-16)22-20(24)19(23)21-12-11-15-5-4-6-18(13-15)25-3/h4-10,13-14H,11-12H2,1-3H3,(H,21,23)(H,22,24). The van der Waals surface area contributed by atoms with E-state index in [0.29, 0.717) is 24.6 Å². The molecule has 0 heterocycles. The van der Waals surface area contributed by atoms with Gasteiger partial charge in [0.1, 0.15) is 5.75 Å². The molecule has 0 unspecified atom stereocenters. The Morgan fingerprint density at radius 3 is 2.40 bits per heavy atom. The minimum atomic E-state index is -0.664. The van der Waals surface area contributed by atoms with Crippen molar-refractivity contribution in [1.82, 2.24) is 5.32 Å². The van der Waals surface area contributed by atoms with E-state index in [4.69, 9.17) is 4.74 Å². The monoisotopic (exact) mass is 340 g/mol. The smallest absolute Gasteiger partial charge is 0.313 e. The van der Waals surface area contributed by atoms with Crippen molar-refractivity contribution >= 4 is 17.5 Å². The van der Waals surface area contributed by atoms with Crippen LogP contribution in [0.5, 0.6) is 5.75 Å². The van der Waals surface area contributed by atoms with E-state index in [0.717, 1.165) is 11.3 Å². The number of hydrogen-bond donors (Lipinski definition) is 2. The summed E-state index contributed by atoms with van der Waals surface area (Å²) in [5, 5.41) is 5.23. The van der Waals surface area contributed by atoms with Crippen LogP contribution >= 0.6 is 0 Å². The lowest BCUT2D eigenvalue weighted by atomic mass is 10.0. The van der Waals surface area contributed by atoms with Gasteiger partial charge in [-0.25, -0.2) is 0 Å². The molecular weight excluding hydrogens is 316 g/mol. The number of carbonyl (C=O) groups excluding carboxylic acids is 2. The fraction of sp³-hybridized carbons (Fsp3) is 0.300. The molecule has 0 saturated heterocycles. The first-order valence-electron chi connectivity index (χ1n) is 8.31. The molecule has 0 aromatic heterocycles. The Morgan fingerprint density at radius 1 is 1.04 bits per heavy atom. The van der Waals surface area contributed by atoms with Crippen LogP contribution in [0.4, 0.5) is 5.69 Å². The van der Waals surface area contributed by atoms with Crippen LogP contribution in [0.15, 0.2) is 48.5 Å². The van der Waals surface area contributed by atoms with Crippen molar-refractivity contribution in [3.05, 3.63) is 59.7 Å². The molecule has 0 atom stereocenters. The second-order valence-electron chi connectivity index (χ2n) is 6.09. The number of anilines is 1. The molecule has 0 fully saturated rings. The summed E-state index contributed by atoms with van der Waals surface area (Å²) in [6, 6.07) is 15.1. The van der Waals surface area contributed by atoms with E-state index in [1.54, 1.807) is 19.2 Å². The van der Waals surface area contributed by atoms with Gasteiger partial charge >= 0.3 is 11.8 Å². The molecule has 25 heavy (non-hydrogen) atoms. The van der Waals surface area contributed by atoms with E-state index in [2.05, 4.69) is 24.5 Å². The van der Waals surface area contributed by atoms with Crippen molar-refractivity contribution in [1.29, 1.82) is 0 Å². The van der Waals surface area contributed by atoms with Gasteiger partial charge in [0, 0.05) is 12.2 Å². The Kier molecular flexibility index (Phi) is 6.57. The molecule has 5 nitrogen and oxygen atoms in total. The van der Waals surface area contributed by atoms with Crippen LogP contribution in [0.1, 0.15) is 30.9 Å². The Hall–Kier alpha value is -2.82. The highest BCUT2D eigenvalue weighted by atomic mass is 16.5. The van der Waals surface area contributed by atoms with Crippen molar-refractivity contribution in [3.63, 3.8) is 0 Å². The average Bonchev–Trinajstić information content (AvgIpc) is 2.62. The van der Waals surface area contributed by atoms with Gasteiger partial charge in [0.25, 0.3) is 0 Å². The summed E-state index contributed by atoms with van der Waals surface area (Å²) in [5.74, 6) is -0.116. The Morgan fingerprint density at radius 2 is 1.76 bits per heavy atom. The number of benzene rings is 2. The maximum Gasteiger partial charge on any atom is 0.313 e. The summed E-state index contributed by atoms with van der Waals surface area (Å²) in [5.41, 5.74) is 2.82. The third kappa shape index (κ3) is 5.64. The molecule has 2 N–H and O–H groups in total. The van der Waals surface area contributed by atoms with Crippen LogP contribution in [0.25, 0.3) is 0 Å². The quantitative estimate of drug-likeness (QED) is 0.794. The van der Waals surface area contributed by atoms with Crippen LogP contribution in [0, 0.1) is 0 Å². The van der Waals surface area contributed by atoms with Crippen LogP contribution in [0.2, 0.25) is 0 Å². The van der Waals surface area contributed by atoms with Crippen LogP contribution in [-0.4, -0.2) is 25.5 Å². The second-order valence-corrected chi connectivity index (χ2v) is 6.09. The Bertz CT molecular complexity index is 724. The van der Waals surface area contributed by atoms with E-state index in [-0.39, 0.29) is 0 Å². The maximum atomic E-state index is 11.9. The summed E-state index contributed by atoms with van der Waals surface area (Å²) >= 11 is 0. The number of nitrogens with one attached hydrogen (secondary N) is 2. The van der Waals surface area contributed by atoms with Crippen LogP contribution < -0.4 is 15.4 Å². The molecule has 2 aromatic rings. The summed E-state index contributed by atoms with van der Waals surface area (Å²) < 4.78 is 5.16. The first-order chi connectivity index (χ1) is 12.0. The minimum absolute atomic E-state index is 0.381. The van der Waals surface area contributed by atoms with Crippen molar-refractivity contribution in [3.8, 4) is 5.75 Å². The lowest BCUT2D eigenvalue weighted by Gasteiger charge is -2.09. The zero-order valence-corrected chi connectivity index (χ0v) is 14.8. The molecular formula is C20H24N2O3. The van der Waals surface area contributed by atoms with Gasteiger partial charge in [0.05, 0.1) is 7.11 Å². The summed E-state index contributed by atoms with van der Waals surface area (Å²) in [7, 11) is 1.61. The molecule has 0 spiro atoms. The molecule has 0 aliphatic heterocycles. The van der Waals surface area contributed by atoms with Gasteiger partial charge in [-0.05, 0) is 47.7 Å². The minimum Gasteiger partial charge on any atom is -0.497 e. The maximum absolute atomic E-state index is 11.9. The van der Waals surface area contributed by atoms with Gasteiger partial charge < -0.3 is 15.4 Å². The second kappa shape index (κ2) is 8.87. The van der Waals surface area contributed by atoms with E-state index in [1.165, 1.54) is 5.56 Å². The van der Waals surface area contributed by atoms with E-state index < -0.39 is 11.8 Å². The highest BCUT2D eigenvalue weighted by molar-refractivity contribution is 6.39. The van der Waals surface area contributed by atoms with Crippen molar-refractivity contribution < 1.29 is 14.3 Å². The SMILES string of the molecule is COc1cccc(CCNC(=O)C(=O)Nc2ccc(C(C)C)cc2)c1. The third-order valence-corrected chi connectivity index (χ3v) is 3.87. The summed E-state index contributed by atoms with van der Waals surface area (Å²) in [4.78, 5) is 23.8. The van der Waals surface area contributed by atoms with Crippen molar-refractivity contribution in [2.24, 2.45) is 0 Å². The van der Waals surface area contributed by atoms with Gasteiger partial charge in [-0.15, -0.1) is 0 Å². The van der Waals surface area contributed by atoms with Gasteiger partial charge in [0.15, 0.2) is 0 Å². The molecule has 0 aliphatic carbocycles. The van der Waals surface area contributed by atoms with Crippen molar-refractivity contribution in [2.45, 2.75) is 26.2 Å². The fourth-order valence-electron chi connectivity index (χ4n) is 2.37. The Balaban J connectivity index is 1.80. The van der Waals surface area contributed by atoms with Crippen LogP contribution in [-0.2, 0) is 16.0 Å². The number of amides is 2. The molecule has 2 aromatic carbocycles. The van der Waals surface area contributed by atoms with Gasteiger partial charge in [0.2, 0.25) is 0 Å². The zero-order valence-electron chi connectivity index (χ0n) is 14.8. The number of rotatable bonds is 6. The molecule has 0 radical (unpaired) electrons. The highest BCUT2D eigenvalue weighted by Crippen LogP contribution is 2.17. The Labute approximate surface area is 148 Å². The first kappa shape index (κ1) is 18.5. The number of methoxy groups -OCH3 is 1. The lowest BCUT2D eigenvalue weighted by Crippen LogP contribution is -2.36. The van der Waals surface area contributed by atoms with Crippen molar-refractivity contribution in [2.75, 3.05) is 19.0 Å². The molecule has 132 valence electrons. The largest absolute Gasteiger partial charge is 0.497 e. The topological polar surface area (TPSA) is 67.4 Å². The molecule has 0 aliphatic rings. The third-order valence-electron chi connectivity index (χ3n) is 3.87. The molecule has 0 saturated carbocycles. The number of hydrogen-bond acceptors (Lipinski definition) is 3.